The molecule has 0 spiro atoms. The number of para-hydroxylation sites is 1. The monoisotopic (exact) mass is 365 g/mol. The van der Waals surface area contributed by atoms with Gasteiger partial charge in [0.1, 0.15) is 0 Å². The smallest absolute Gasteiger partial charge is 0.423 e. The maximum Gasteiger partial charge on any atom is 0.488 e. The molecule has 4 heteroatoms. The van der Waals surface area contributed by atoms with Gasteiger partial charge in [0.15, 0.2) is 0 Å². The zero-order valence-electron chi connectivity index (χ0n) is 15.3. The van der Waals surface area contributed by atoms with Gasteiger partial charge >= 0.3 is 7.12 Å². The third kappa shape index (κ3) is 3.84. The molecule has 0 amide bonds. The van der Waals surface area contributed by atoms with Crippen molar-refractivity contribution in [3.63, 3.8) is 0 Å². The number of rotatable bonds is 5. The van der Waals surface area contributed by atoms with Crippen LogP contribution in [0.3, 0.4) is 0 Å². The summed E-state index contributed by atoms with van der Waals surface area (Å²) in [5.74, 6) is 0. The van der Waals surface area contributed by atoms with Crippen molar-refractivity contribution in [2.24, 2.45) is 0 Å². The fourth-order valence-corrected chi connectivity index (χ4v) is 3.25. The zero-order chi connectivity index (χ0) is 19.3. The van der Waals surface area contributed by atoms with Crippen LogP contribution in [0.4, 0.5) is 17.1 Å². The Labute approximate surface area is 165 Å². The van der Waals surface area contributed by atoms with E-state index in [-0.39, 0.29) is 0 Å². The molecule has 0 aromatic heterocycles. The predicted molar refractivity (Wildman–Crippen MR) is 116 cm³/mol. The van der Waals surface area contributed by atoms with Crippen molar-refractivity contribution >= 4 is 29.6 Å². The quantitative estimate of drug-likeness (QED) is 0.512. The van der Waals surface area contributed by atoms with E-state index in [9.17, 15) is 10.0 Å². The van der Waals surface area contributed by atoms with E-state index in [1.54, 1.807) is 12.1 Å². The minimum atomic E-state index is -1.47. The van der Waals surface area contributed by atoms with Crippen molar-refractivity contribution in [1.82, 2.24) is 0 Å². The van der Waals surface area contributed by atoms with Crippen molar-refractivity contribution in [3.8, 4) is 11.1 Å². The molecule has 3 nitrogen and oxygen atoms in total. The van der Waals surface area contributed by atoms with Crippen LogP contribution in [0.5, 0.6) is 0 Å². The highest BCUT2D eigenvalue weighted by Crippen LogP contribution is 2.35. The average molecular weight is 365 g/mol. The molecule has 0 aliphatic rings. The number of hydrogen-bond acceptors (Lipinski definition) is 3. The third-order valence-electron chi connectivity index (χ3n) is 4.70. The number of nitrogens with zero attached hydrogens (tertiary/aromatic N) is 1. The van der Waals surface area contributed by atoms with Crippen LogP contribution >= 0.6 is 0 Å². The van der Waals surface area contributed by atoms with Crippen molar-refractivity contribution in [3.05, 3.63) is 109 Å². The standard InChI is InChI=1S/C24H20BNO2/c27-25(28)21-13-17-24(18-14-21)26(22-9-5-2-6-10-22)23-15-11-20(12-16-23)19-7-3-1-4-8-19/h1-18,27-28H. The van der Waals surface area contributed by atoms with Gasteiger partial charge in [-0.15, -0.1) is 0 Å². The second-order valence-corrected chi connectivity index (χ2v) is 6.55. The van der Waals surface area contributed by atoms with Gasteiger partial charge in [0.25, 0.3) is 0 Å². The maximum absolute atomic E-state index is 9.37. The molecule has 4 rings (SSSR count). The summed E-state index contributed by atoms with van der Waals surface area (Å²) in [7, 11) is -1.47. The van der Waals surface area contributed by atoms with Gasteiger partial charge in [-0.3, -0.25) is 0 Å². The van der Waals surface area contributed by atoms with E-state index >= 15 is 0 Å². The van der Waals surface area contributed by atoms with Crippen LogP contribution < -0.4 is 10.4 Å². The number of benzene rings is 4. The van der Waals surface area contributed by atoms with Gasteiger partial charge in [0.2, 0.25) is 0 Å². The number of hydrogen-bond donors (Lipinski definition) is 2. The van der Waals surface area contributed by atoms with Crippen LogP contribution in [0.1, 0.15) is 0 Å². The van der Waals surface area contributed by atoms with Gasteiger partial charge in [-0.25, -0.2) is 0 Å². The summed E-state index contributed by atoms with van der Waals surface area (Å²) in [5, 5.41) is 18.7. The second-order valence-electron chi connectivity index (χ2n) is 6.55. The van der Waals surface area contributed by atoms with Gasteiger partial charge in [-0.05, 0) is 53.0 Å². The topological polar surface area (TPSA) is 43.7 Å². The Balaban J connectivity index is 1.74. The molecule has 0 bridgehead atoms. The molecule has 0 saturated heterocycles. The second kappa shape index (κ2) is 8.13. The lowest BCUT2D eigenvalue weighted by Gasteiger charge is -2.26. The van der Waals surface area contributed by atoms with E-state index in [0.29, 0.717) is 5.46 Å². The summed E-state index contributed by atoms with van der Waals surface area (Å²) in [6.45, 7) is 0. The van der Waals surface area contributed by atoms with Crippen molar-refractivity contribution in [1.29, 1.82) is 0 Å². The first-order chi connectivity index (χ1) is 13.7. The van der Waals surface area contributed by atoms with E-state index < -0.39 is 7.12 Å². The zero-order valence-corrected chi connectivity index (χ0v) is 15.3. The van der Waals surface area contributed by atoms with Gasteiger partial charge in [0, 0.05) is 17.1 Å². The highest BCUT2D eigenvalue weighted by Gasteiger charge is 2.15. The van der Waals surface area contributed by atoms with E-state index in [1.165, 1.54) is 5.56 Å². The van der Waals surface area contributed by atoms with Crippen LogP contribution in [-0.4, -0.2) is 17.2 Å². The lowest BCUT2D eigenvalue weighted by Crippen LogP contribution is -2.29. The summed E-state index contributed by atoms with van der Waals surface area (Å²) in [6.07, 6.45) is 0. The highest BCUT2D eigenvalue weighted by atomic mass is 16.4. The Morgan fingerprint density at radius 1 is 0.464 bits per heavy atom. The van der Waals surface area contributed by atoms with Gasteiger partial charge in [-0.1, -0.05) is 72.8 Å². The highest BCUT2D eigenvalue weighted by molar-refractivity contribution is 6.58. The Kier molecular flexibility index (Phi) is 5.24. The molecule has 0 saturated carbocycles. The van der Waals surface area contributed by atoms with Crippen molar-refractivity contribution in [2.75, 3.05) is 4.90 Å². The fraction of sp³-hybridized carbons (Fsp3) is 0. The van der Waals surface area contributed by atoms with Crippen LogP contribution in [0.15, 0.2) is 109 Å². The first kappa shape index (κ1) is 18.0. The summed E-state index contributed by atoms with van der Waals surface area (Å²) < 4.78 is 0. The molecule has 4 aromatic rings. The summed E-state index contributed by atoms with van der Waals surface area (Å²) >= 11 is 0. The van der Waals surface area contributed by atoms with Gasteiger partial charge in [0.05, 0.1) is 0 Å². The third-order valence-corrected chi connectivity index (χ3v) is 4.70. The lowest BCUT2D eigenvalue weighted by molar-refractivity contribution is 0.426. The SMILES string of the molecule is OB(O)c1ccc(N(c2ccccc2)c2ccc(-c3ccccc3)cc2)cc1. The first-order valence-electron chi connectivity index (χ1n) is 9.19. The van der Waals surface area contributed by atoms with Gasteiger partial charge < -0.3 is 14.9 Å². The molecule has 0 atom stereocenters. The normalized spacial score (nSPS) is 10.5. The number of anilines is 3. The van der Waals surface area contributed by atoms with E-state index in [4.69, 9.17) is 0 Å². The van der Waals surface area contributed by atoms with Crippen LogP contribution in [0.25, 0.3) is 11.1 Å². The average Bonchev–Trinajstić information content (AvgIpc) is 2.76. The van der Waals surface area contributed by atoms with Crippen LogP contribution in [0, 0.1) is 0 Å². The molecule has 4 aromatic carbocycles. The Hall–Kier alpha value is -3.34. The van der Waals surface area contributed by atoms with Gasteiger partial charge in [-0.2, -0.15) is 0 Å². The van der Waals surface area contributed by atoms with E-state index in [1.807, 2.05) is 48.5 Å². The Bertz CT molecular complexity index is 1020. The molecule has 136 valence electrons. The molecule has 28 heavy (non-hydrogen) atoms. The minimum Gasteiger partial charge on any atom is -0.423 e. The van der Waals surface area contributed by atoms with Crippen molar-refractivity contribution < 1.29 is 10.0 Å². The summed E-state index contributed by atoms with van der Waals surface area (Å²) in [6, 6.07) is 36.1. The van der Waals surface area contributed by atoms with Crippen molar-refractivity contribution in [2.45, 2.75) is 0 Å². The predicted octanol–water partition coefficient (Wildman–Crippen LogP) is 4.50. The van der Waals surface area contributed by atoms with E-state index in [2.05, 4.69) is 53.4 Å². The molecular weight excluding hydrogens is 345 g/mol. The molecule has 0 fully saturated rings. The van der Waals surface area contributed by atoms with E-state index in [0.717, 1.165) is 22.6 Å². The lowest BCUT2D eigenvalue weighted by atomic mass is 9.80. The molecule has 2 N–H and O–H groups in total. The van der Waals surface area contributed by atoms with Crippen LogP contribution in [0.2, 0.25) is 0 Å². The summed E-state index contributed by atoms with van der Waals surface area (Å²) in [4.78, 5) is 2.14. The fourth-order valence-electron chi connectivity index (χ4n) is 3.25. The maximum atomic E-state index is 9.37. The van der Waals surface area contributed by atoms with Crippen LogP contribution in [-0.2, 0) is 0 Å². The summed E-state index contributed by atoms with van der Waals surface area (Å²) in [5.41, 5.74) is 5.83. The molecular formula is C24H20BNO2. The molecule has 0 heterocycles. The molecule has 0 unspecified atom stereocenters. The first-order valence-corrected chi connectivity index (χ1v) is 9.19. The Morgan fingerprint density at radius 3 is 1.43 bits per heavy atom. The Morgan fingerprint density at radius 2 is 0.893 bits per heavy atom. The molecule has 0 aliphatic heterocycles. The molecule has 0 aliphatic carbocycles. The molecule has 0 radical (unpaired) electrons. The largest absolute Gasteiger partial charge is 0.488 e. The minimum absolute atomic E-state index is 0.469.